The van der Waals surface area contributed by atoms with E-state index in [0.29, 0.717) is 37.7 Å². The van der Waals surface area contributed by atoms with Crippen molar-refractivity contribution in [1.82, 2.24) is 36.4 Å². The lowest BCUT2D eigenvalue weighted by Crippen LogP contribution is -2.61. The number of carbonyl (C=O) groups is 7. The molecule has 314 valence electrons. The predicted molar refractivity (Wildman–Crippen MR) is 215 cm³/mol. The molecule has 15 heteroatoms. The standard InChI is InChI=1S/C43H59N7O8/c1-5-26(3)35-40(55)44-30(23-28-15-9-7-10-16-28)37(52)46-32(25-51)43(58)50-22-14-20-34(50)39(54)48-36(27(4)6-2)41(56)45-31(24-29-17-11-8-12-18-29)42(57)49-21-13-19-33(49)38(53)47-35/h7-12,15-18,26-27,30-36,51H,5-6,13-14,19-25H2,1-4H3,(H,44,55)(H,45,56)(H,46,52)(H,47,53)(H,48,54)/t26?,27?,30-,31-,32-,33-,34-,35-,36-/m0/s1. The molecule has 3 aliphatic heterocycles. The third kappa shape index (κ3) is 10.6. The van der Waals surface area contributed by atoms with Crippen LogP contribution < -0.4 is 26.6 Å². The third-order valence-corrected chi connectivity index (χ3v) is 11.9. The highest BCUT2D eigenvalue weighted by molar-refractivity contribution is 5.99. The zero-order valence-corrected chi connectivity index (χ0v) is 33.9. The summed E-state index contributed by atoms with van der Waals surface area (Å²) >= 11 is 0. The van der Waals surface area contributed by atoms with Gasteiger partial charge in [-0.15, -0.1) is 0 Å². The number of benzene rings is 2. The van der Waals surface area contributed by atoms with E-state index in [4.69, 9.17) is 0 Å². The zero-order valence-electron chi connectivity index (χ0n) is 33.9. The summed E-state index contributed by atoms with van der Waals surface area (Å²) in [7, 11) is 0. The van der Waals surface area contributed by atoms with Crippen LogP contribution >= 0.6 is 0 Å². The van der Waals surface area contributed by atoms with Crippen LogP contribution in [0.1, 0.15) is 77.3 Å². The molecular weight excluding hydrogens is 743 g/mol. The van der Waals surface area contributed by atoms with Gasteiger partial charge < -0.3 is 41.5 Å². The number of aliphatic hydroxyl groups is 1. The largest absolute Gasteiger partial charge is 0.394 e. The Labute approximate surface area is 340 Å². The SMILES string of the molecule is CCC(C)[C@@H]1NC(=O)[C@@H]2CCCN2C(=O)[C@H](CO)NC(=O)[C@H](Cc2ccccc2)NC(=O)[C@H](C(C)CC)NC(=O)[C@@H]2CCCN2C(=O)[C@H](Cc2ccccc2)NC1=O. The minimum atomic E-state index is -1.44. The molecule has 6 N–H and O–H groups in total. The van der Waals surface area contributed by atoms with Gasteiger partial charge in [0.15, 0.2) is 0 Å². The van der Waals surface area contributed by atoms with E-state index in [1.807, 2.05) is 57.2 Å². The van der Waals surface area contributed by atoms with Crippen molar-refractivity contribution in [3.05, 3.63) is 71.8 Å². The maximum atomic E-state index is 14.5. The predicted octanol–water partition coefficient (Wildman–Crippen LogP) is 0.976. The van der Waals surface area contributed by atoms with Crippen molar-refractivity contribution < 1.29 is 38.7 Å². The lowest BCUT2D eigenvalue weighted by atomic mass is 9.96. The van der Waals surface area contributed by atoms with Gasteiger partial charge in [-0.25, -0.2) is 0 Å². The number of carbonyl (C=O) groups excluding carboxylic acids is 7. The number of hydrogen-bond acceptors (Lipinski definition) is 8. The molecule has 3 fully saturated rings. The highest BCUT2D eigenvalue weighted by atomic mass is 16.3. The van der Waals surface area contributed by atoms with Crippen LogP contribution in [0.15, 0.2) is 60.7 Å². The van der Waals surface area contributed by atoms with Gasteiger partial charge in [0.2, 0.25) is 41.4 Å². The molecular formula is C43H59N7O8. The zero-order chi connectivity index (χ0) is 41.9. The van der Waals surface area contributed by atoms with E-state index in [1.165, 1.54) is 9.80 Å². The Balaban J connectivity index is 1.55. The molecule has 3 heterocycles. The molecule has 15 nitrogen and oxygen atoms in total. The van der Waals surface area contributed by atoms with E-state index >= 15 is 0 Å². The lowest BCUT2D eigenvalue weighted by Gasteiger charge is -2.33. The summed E-state index contributed by atoms with van der Waals surface area (Å²) in [6, 6.07) is 10.3. The first-order chi connectivity index (χ1) is 27.9. The minimum absolute atomic E-state index is 0.0341. The summed E-state index contributed by atoms with van der Waals surface area (Å²) in [4.78, 5) is 102. The summed E-state index contributed by atoms with van der Waals surface area (Å²) in [5, 5.41) is 24.5. The van der Waals surface area contributed by atoms with E-state index in [0.717, 1.165) is 5.56 Å². The number of fused-ring (bicyclic) bond motifs is 2. The van der Waals surface area contributed by atoms with Gasteiger partial charge in [0.05, 0.1) is 6.61 Å². The van der Waals surface area contributed by atoms with Gasteiger partial charge in [-0.05, 0) is 48.6 Å². The molecule has 9 atom stereocenters. The normalized spacial score (nSPS) is 27.9. The topological polar surface area (TPSA) is 206 Å². The van der Waals surface area contributed by atoms with Crippen molar-refractivity contribution >= 4 is 41.4 Å². The van der Waals surface area contributed by atoms with Crippen molar-refractivity contribution in [3.8, 4) is 0 Å². The fourth-order valence-electron chi connectivity index (χ4n) is 8.00. The maximum Gasteiger partial charge on any atom is 0.248 e. The molecule has 2 aromatic rings. The molecule has 0 spiro atoms. The van der Waals surface area contributed by atoms with Gasteiger partial charge in [-0.3, -0.25) is 33.6 Å². The summed E-state index contributed by atoms with van der Waals surface area (Å²) in [5.74, 6) is -4.99. The molecule has 0 radical (unpaired) electrons. The van der Waals surface area contributed by atoms with Gasteiger partial charge >= 0.3 is 0 Å². The molecule has 0 aromatic heterocycles. The van der Waals surface area contributed by atoms with Crippen LogP contribution in [0.25, 0.3) is 0 Å². The minimum Gasteiger partial charge on any atom is -0.394 e. The third-order valence-electron chi connectivity index (χ3n) is 11.9. The molecule has 0 bridgehead atoms. The van der Waals surface area contributed by atoms with Crippen molar-refractivity contribution in [3.63, 3.8) is 0 Å². The highest BCUT2D eigenvalue weighted by Gasteiger charge is 2.43. The molecule has 2 unspecified atom stereocenters. The fraction of sp³-hybridized carbons (Fsp3) is 0.558. The monoisotopic (exact) mass is 801 g/mol. The van der Waals surface area contributed by atoms with Crippen molar-refractivity contribution in [2.45, 2.75) is 121 Å². The van der Waals surface area contributed by atoms with Crippen molar-refractivity contribution in [1.29, 1.82) is 0 Å². The first-order valence-corrected chi connectivity index (χ1v) is 20.7. The smallest absolute Gasteiger partial charge is 0.248 e. The summed E-state index contributed by atoms with van der Waals surface area (Å²) in [6.45, 7) is 7.01. The Morgan fingerprint density at radius 1 is 0.552 bits per heavy atom. The average molecular weight is 802 g/mol. The Morgan fingerprint density at radius 2 is 0.948 bits per heavy atom. The van der Waals surface area contributed by atoms with Crippen LogP contribution in [0.5, 0.6) is 0 Å². The average Bonchev–Trinajstić information content (AvgIpc) is 3.94. The van der Waals surface area contributed by atoms with Crippen LogP contribution in [0.2, 0.25) is 0 Å². The number of nitrogens with zero attached hydrogens (tertiary/aromatic N) is 2. The second kappa shape index (κ2) is 20.4. The quantitative estimate of drug-likeness (QED) is 0.215. The lowest BCUT2D eigenvalue weighted by molar-refractivity contribution is -0.144. The van der Waals surface area contributed by atoms with Crippen LogP contribution in [0.4, 0.5) is 0 Å². The number of amides is 7. The van der Waals surface area contributed by atoms with Crippen LogP contribution in [0, 0.1) is 11.8 Å². The molecule has 0 saturated carbocycles. The van der Waals surface area contributed by atoms with E-state index in [2.05, 4.69) is 26.6 Å². The van der Waals surface area contributed by atoms with E-state index in [1.54, 1.807) is 31.2 Å². The Kier molecular flexibility index (Phi) is 15.4. The van der Waals surface area contributed by atoms with Crippen molar-refractivity contribution in [2.24, 2.45) is 11.8 Å². The van der Waals surface area contributed by atoms with Gasteiger partial charge in [-0.2, -0.15) is 0 Å². The number of hydrogen-bond donors (Lipinski definition) is 6. The first-order valence-electron chi connectivity index (χ1n) is 20.7. The van der Waals surface area contributed by atoms with Gasteiger partial charge in [-0.1, -0.05) is 101 Å². The number of nitrogens with one attached hydrogen (secondary N) is 5. The molecule has 7 amide bonds. The molecule has 5 rings (SSSR count). The van der Waals surface area contributed by atoms with Gasteiger partial charge in [0, 0.05) is 25.9 Å². The Bertz CT molecular complexity index is 1780. The first kappa shape index (κ1) is 43.8. The van der Waals surface area contributed by atoms with E-state index in [-0.39, 0.29) is 44.2 Å². The second-order valence-corrected chi connectivity index (χ2v) is 15.9. The number of aliphatic hydroxyl groups excluding tert-OH is 1. The van der Waals surface area contributed by atoms with Crippen LogP contribution in [0.3, 0.4) is 0 Å². The summed E-state index contributed by atoms with van der Waals surface area (Å²) < 4.78 is 0. The van der Waals surface area contributed by atoms with E-state index < -0.39 is 90.3 Å². The summed E-state index contributed by atoms with van der Waals surface area (Å²) in [5.41, 5.74) is 1.49. The van der Waals surface area contributed by atoms with Gasteiger partial charge in [0.25, 0.3) is 0 Å². The van der Waals surface area contributed by atoms with Crippen LogP contribution in [-0.2, 0) is 46.4 Å². The highest BCUT2D eigenvalue weighted by Crippen LogP contribution is 2.23. The molecule has 3 saturated heterocycles. The molecule has 2 aromatic carbocycles. The summed E-state index contributed by atoms with van der Waals surface area (Å²) in [6.07, 6.45) is 2.75. The van der Waals surface area contributed by atoms with Gasteiger partial charge in [0.1, 0.15) is 42.3 Å². The Hall–Kier alpha value is -5.31. The molecule has 0 aliphatic carbocycles. The molecule has 3 aliphatic rings. The van der Waals surface area contributed by atoms with Crippen LogP contribution in [-0.4, -0.2) is 118 Å². The fourth-order valence-corrected chi connectivity index (χ4v) is 8.00. The maximum absolute atomic E-state index is 14.5. The molecule has 58 heavy (non-hydrogen) atoms. The Morgan fingerprint density at radius 3 is 1.38 bits per heavy atom. The second-order valence-electron chi connectivity index (χ2n) is 15.9. The van der Waals surface area contributed by atoms with E-state index in [9.17, 15) is 38.7 Å². The number of rotatable bonds is 9. The van der Waals surface area contributed by atoms with Crippen molar-refractivity contribution in [2.75, 3.05) is 19.7 Å².